The number of halogens is 1. The number of nitriles is 1. The topological polar surface area (TPSA) is 112 Å². The molecule has 1 fully saturated rings. The average Bonchev–Trinajstić information content (AvgIpc) is 2.72. The molecule has 0 bridgehead atoms. The highest BCUT2D eigenvalue weighted by atomic mass is 35.5. The van der Waals surface area contributed by atoms with Crippen LogP contribution in [0.25, 0.3) is 10.9 Å². The first-order chi connectivity index (χ1) is 14.0. The first-order valence-electron chi connectivity index (χ1n) is 9.33. The van der Waals surface area contributed by atoms with Gasteiger partial charge in [0.05, 0.1) is 22.1 Å². The van der Waals surface area contributed by atoms with Gasteiger partial charge in [0.15, 0.2) is 5.82 Å². The number of hydrogen-bond donors (Lipinski definition) is 1. The SMILES string of the molecule is CCN1CCCN2C(N)=C(C#N)C(c3cc4ccccc4nc3Cl)C([N+](=O)[O-])=C12. The van der Waals surface area contributed by atoms with Crippen LogP contribution in [-0.2, 0) is 0 Å². The zero-order chi connectivity index (χ0) is 20.7. The zero-order valence-electron chi connectivity index (χ0n) is 15.8. The van der Waals surface area contributed by atoms with Gasteiger partial charge in [-0.05, 0) is 25.5 Å². The van der Waals surface area contributed by atoms with Gasteiger partial charge >= 0.3 is 0 Å². The van der Waals surface area contributed by atoms with Crippen LogP contribution in [0.5, 0.6) is 0 Å². The molecule has 0 amide bonds. The maximum Gasteiger partial charge on any atom is 0.299 e. The highest BCUT2D eigenvalue weighted by Gasteiger charge is 2.46. The van der Waals surface area contributed by atoms with Crippen molar-refractivity contribution < 1.29 is 4.92 Å². The van der Waals surface area contributed by atoms with Crippen LogP contribution < -0.4 is 5.73 Å². The summed E-state index contributed by atoms with van der Waals surface area (Å²) in [4.78, 5) is 19.8. The summed E-state index contributed by atoms with van der Waals surface area (Å²) in [5.41, 5.74) is 7.47. The molecule has 0 aliphatic carbocycles. The molecule has 2 N–H and O–H groups in total. The second kappa shape index (κ2) is 7.26. The molecular formula is C20H19ClN6O2. The molecule has 9 heteroatoms. The minimum Gasteiger partial charge on any atom is -0.384 e. The summed E-state index contributed by atoms with van der Waals surface area (Å²) in [6.07, 6.45) is 0.796. The van der Waals surface area contributed by atoms with Crippen LogP contribution in [0.4, 0.5) is 0 Å². The highest BCUT2D eigenvalue weighted by Crippen LogP contribution is 2.44. The van der Waals surface area contributed by atoms with E-state index in [1.807, 2.05) is 36.1 Å². The van der Waals surface area contributed by atoms with Gasteiger partial charge in [-0.2, -0.15) is 5.26 Å². The number of aromatic nitrogens is 1. The predicted octanol–water partition coefficient (Wildman–Crippen LogP) is 3.15. The standard InChI is InChI=1S/C20H19ClN6O2/c1-2-25-8-5-9-26-19(23)14(11-22)16(17(20(25)26)27(28)29)13-10-12-6-3-4-7-15(12)24-18(13)21/h3-4,6-7,10,16H,2,5,8-9,23H2,1H3. The number of allylic oxidation sites excluding steroid dienone is 1. The number of rotatable bonds is 3. The number of benzene rings is 1. The summed E-state index contributed by atoms with van der Waals surface area (Å²) in [6, 6.07) is 11.2. The molecule has 2 aliphatic heterocycles. The molecule has 1 unspecified atom stereocenters. The van der Waals surface area contributed by atoms with E-state index in [-0.39, 0.29) is 22.2 Å². The number of hydrogen-bond acceptors (Lipinski definition) is 7. The average molecular weight is 411 g/mol. The summed E-state index contributed by atoms with van der Waals surface area (Å²) in [5, 5.41) is 23.0. The number of nitro groups is 1. The van der Waals surface area contributed by atoms with E-state index in [1.165, 1.54) is 0 Å². The van der Waals surface area contributed by atoms with E-state index >= 15 is 0 Å². The number of nitrogens with zero attached hydrogens (tertiary/aromatic N) is 5. The highest BCUT2D eigenvalue weighted by molar-refractivity contribution is 6.30. The Morgan fingerprint density at radius 2 is 2.17 bits per heavy atom. The molecule has 29 heavy (non-hydrogen) atoms. The van der Waals surface area contributed by atoms with Gasteiger partial charge in [0.25, 0.3) is 5.70 Å². The predicted molar refractivity (Wildman–Crippen MR) is 109 cm³/mol. The summed E-state index contributed by atoms with van der Waals surface area (Å²) in [7, 11) is 0. The van der Waals surface area contributed by atoms with Crippen molar-refractivity contribution in [2.24, 2.45) is 5.73 Å². The second-order valence-electron chi connectivity index (χ2n) is 6.96. The number of pyridine rings is 1. The summed E-state index contributed by atoms with van der Waals surface area (Å²) in [5.74, 6) is -0.312. The summed E-state index contributed by atoms with van der Waals surface area (Å²) in [6.45, 7) is 3.74. The van der Waals surface area contributed by atoms with E-state index in [9.17, 15) is 15.4 Å². The fraction of sp³-hybridized carbons (Fsp3) is 0.300. The van der Waals surface area contributed by atoms with Gasteiger partial charge in [-0.3, -0.25) is 10.1 Å². The molecule has 1 aromatic carbocycles. The molecule has 3 heterocycles. The molecule has 4 rings (SSSR count). The molecule has 2 aliphatic rings. The van der Waals surface area contributed by atoms with Crippen LogP contribution in [0.15, 0.2) is 53.2 Å². The third-order valence-corrected chi connectivity index (χ3v) is 5.74. The molecule has 0 radical (unpaired) electrons. The Morgan fingerprint density at radius 3 is 2.86 bits per heavy atom. The van der Waals surface area contributed by atoms with E-state index in [1.54, 1.807) is 11.0 Å². The van der Waals surface area contributed by atoms with Gasteiger partial charge < -0.3 is 15.5 Å². The third kappa shape index (κ3) is 2.95. The molecule has 148 valence electrons. The molecule has 1 aromatic heterocycles. The number of fused-ring (bicyclic) bond motifs is 2. The first kappa shape index (κ1) is 19.0. The van der Waals surface area contributed by atoms with Crippen LogP contribution in [0.2, 0.25) is 5.15 Å². The zero-order valence-corrected chi connectivity index (χ0v) is 16.6. The van der Waals surface area contributed by atoms with Crippen molar-refractivity contribution in [2.45, 2.75) is 19.3 Å². The van der Waals surface area contributed by atoms with Crippen LogP contribution in [0.3, 0.4) is 0 Å². The summed E-state index contributed by atoms with van der Waals surface area (Å²) < 4.78 is 0. The Bertz CT molecular complexity index is 1120. The van der Waals surface area contributed by atoms with Gasteiger partial charge in [-0.25, -0.2) is 4.98 Å². The van der Waals surface area contributed by atoms with E-state index in [4.69, 9.17) is 17.3 Å². The molecular weight excluding hydrogens is 392 g/mol. The molecule has 0 saturated carbocycles. The Kier molecular flexibility index (Phi) is 4.76. The van der Waals surface area contributed by atoms with Crippen molar-refractivity contribution in [2.75, 3.05) is 19.6 Å². The molecule has 1 atom stereocenters. The van der Waals surface area contributed by atoms with Gasteiger partial charge in [0, 0.05) is 30.6 Å². The molecule has 8 nitrogen and oxygen atoms in total. The largest absolute Gasteiger partial charge is 0.384 e. The number of para-hydroxylation sites is 1. The smallest absolute Gasteiger partial charge is 0.299 e. The van der Waals surface area contributed by atoms with Crippen LogP contribution in [0, 0.1) is 21.4 Å². The van der Waals surface area contributed by atoms with Gasteiger partial charge in [-0.15, -0.1) is 0 Å². The van der Waals surface area contributed by atoms with Crippen molar-refractivity contribution in [3.05, 3.63) is 74.1 Å². The Morgan fingerprint density at radius 1 is 1.41 bits per heavy atom. The quantitative estimate of drug-likeness (QED) is 0.469. The second-order valence-corrected chi connectivity index (χ2v) is 7.31. The molecule has 0 spiro atoms. The van der Waals surface area contributed by atoms with E-state index in [0.29, 0.717) is 36.5 Å². The monoisotopic (exact) mass is 410 g/mol. The lowest BCUT2D eigenvalue weighted by molar-refractivity contribution is -0.433. The minimum atomic E-state index is -0.988. The number of nitrogens with two attached hydrogens (primary N) is 1. The fourth-order valence-corrected chi connectivity index (χ4v) is 4.38. The third-order valence-electron chi connectivity index (χ3n) is 5.44. The van der Waals surface area contributed by atoms with Crippen LogP contribution in [-0.4, -0.2) is 39.3 Å². The van der Waals surface area contributed by atoms with E-state index in [0.717, 1.165) is 11.8 Å². The van der Waals surface area contributed by atoms with Gasteiger partial charge in [-0.1, -0.05) is 29.8 Å². The van der Waals surface area contributed by atoms with E-state index in [2.05, 4.69) is 11.1 Å². The Hall–Kier alpha value is -3.31. The summed E-state index contributed by atoms with van der Waals surface area (Å²) >= 11 is 6.47. The van der Waals surface area contributed by atoms with Crippen LogP contribution in [0.1, 0.15) is 24.8 Å². The first-order valence-corrected chi connectivity index (χ1v) is 9.71. The van der Waals surface area contributed by atoms with Crippen molar-refractivity contribution in [3.63, 3.8) is 0 Å². The molecule has 2 aromatic rings. The maximum absolute atomic E-state index is 12.3. The minimum absolute atomic E-state index is 0.0868. The lowest BCUT2D eigenvalue weighted by Gasteiger charge is -2.43. The van der Waals surface area contributed by atoms with Crippen molar-refractivity contribution >= 4 is 22.5 Å². The molecule has 1 saturated heterocycles. The normalized spacial score (nSPS) is 19.4. The van der Waals surface area contributed by atoms with E-state index < -0.39 is 10.8 Å². The van der Waals surface area contributed by atoms with Crippen LogP contribution >= 0.6 is 11.6 Å². The lowest BCUT2D eigenvalue weighted by atomic mass is 9.85. The fourth-order valence-electron chi connectivity index (χ4n) is 4.13. The van der Waals surface area contributed by atoms with Crippen molar-refractivity contribution in [3.8, 4) is 6.07 Å². The van der Waals surface area contributed by atoms with Gasteiger partial charge in [0.2, 0.25) is 0 Å². The maximum atomic E-state index is 12.3. The Labute approximate surface area is 172 Å². The Balaban J connectivity index is 2.03. The van der Waals surface area contributed by atoms with Crippen molar-refractivity contribution in [1.82, 2.24) is 14.8 Å². The van der Waals surface area contributed by atoms with Crippen molar-refractivity contribution in [1.29, 1.82) is 5.26 Å². The lowest BCUT2D eigenvalue weighted by Crippen LogP contribution is -2.48. The van der Waals surface area contributed by atoms with Gasteiger partial charge in [0.1, 0.15) is 16.9 Å².